The zero-order valence-corrected chi connectivity index (χ0v) is 10.7. The van der Waals surface area contributed by atoms with Crippen LogP contribution in [0.1, 0.15) is 30.0 Å². The van der Waals surface area contributed by atoms with Gasteiger partial charge in [-0.15, -0.1) is 0 Å². The molecular weight excluding hydrogens is 228 g/mol. The van der Waals surface area contributed by atoms with E-state index in [0.717, 1.165) is 19.3 Å². The molecule has 1 aromatic rings. The maximum absolute atomic E-state index is 11.7. The molecule has 0 bridgehead atoms. The first kappa shape index (κ1) is 12.9. The smallest absolute Gasteiger partial charge is 0.315 e. The normalized spacial score (nSPS) is 17.3. The molecule has 98 valence electrons. The Morgan fingerprint density at radius 1 is 1.44 bits per heavy atom. The largest absolute Gasteiger partial charge is 0.385 e. The fourth-order valence-corrected chi connectivity index (χ4v) is 2.33. The van der Waals surface area contributed by atoms with Crippen molar-refractivity contribution in [3.8, 4) is 0 Å². The van der Waals surface area contributed by atoms with Gasteiger partial charge in [0.05, 0.1) is 6.04 Å². The highest BCUT2D eigenvalue weighted by Crippen LogP contribution is 2.30. The van der Waals surface area contributed by atoms with Gasteiger partial charge in [0, 0.05) is 20.3 Å². The highest BCUT2D eigenvalue weighted by molar-refractivity contribution is 5.74. The van der Waals surface area contributed by atoms with Crippen LogP contribution >= 0.6 is 0 Å². The Kier molecular flexibility index (Phi) is 4.59. The molecule has 1 aromatic carbocycles. The van der Waals surface area contributed by atoms with Crippen LogP contribution < -0.4 is 10.6 Å². The fraction of sp³-hybridized carbons (Fsp3) is 0.500. The number of carbonyl (C=O) groups is 1. The summed E-state index contributed by atoms with van der Waals surface area (Å²) in [5.41, 5.74) is 2.60. The molecule has 1 aliphatic carbocycles. The molecule has 0 spiro atoms. The molecule has 0 radical (unpaired) electrons. The molecule has 0 saturated carbocycles. The molecule has 0 unspecified atom stereocenters. The van der Waals surface area contributed by atoms with Gasteiger partial charge in [-0.3, -0.25) is 0 Å². The summed E-state index contributed by atoms with van der Waals surface area (Å²) in [5.74, 6) is 0. The summed E-state index contributed by atoms with van der Waals surface area (Å²) in [5, 5.41) is 5.87. The summed E-state index contributed by atoms with van der Waals surface area (Å²) >= 11 is 0. The predicted molar refractivity (Wildman–Crippen MR) is 70.5 cm³/mol. The van der Waals surface area contributed by atoms with Gasteiger partial charge in [-0.1, -0.05) is 24.3 Å². The highest BCUT2D eigenvalue weighted by Gasteiger charge is 2.22. The Bertz CT molecular complexity index is 407. The Balaban J connectivity index is 1.79. The second-order valence-corrected chi connectivity index (χ2v) is 4.54. The van der Waals surface area contributed by atoms with E-state index in [0.29, 0.717) is 13.2 Å². The van der Waals surface area contributed by atoms with Gasteiger partial charge in [-0.25, -0.2) is 4.79 Å². The number of ether oxygens (including phenoxy) is 1. The van der Waals surface area contributed by atoms with Crippen LogP contribution in [0.2, 0.25) is 0 Å². The minimum atomic E-state index is -0.0900. The molecule has 2 rings (SSSR count). The quantitative estimate of drug-likeness (QED) is 0.783. The molecule has 1 aliphatic rings. The predicted octanol–water partition coefficient (Wildman–Crippen LogP) is 2.01. The van der Waals surface area contributed by atoms with Crippen LogP contribution in [0.5, 0.6) is 0 Å². The summed E-state index contributed by atoms with van der Waals surface area (Å²) in [6.45, 7) is 1.32. The first-order chi connectivity index (χ1) is 8.81. The summed E-state index contributed by atoms with van der Waals surface area (Å²) in [4.78, 5) is 11.7. The van der Waals surface area contributed by atoms with Gasteiger partial charge in [-0.2, -0.15) is 0 Å². The van der Waals surface area contributed by atoms with Crippen molar-refractivity contribution in [2.45, 2.75) is 25.3 Å². The molecular formula is C14H20N2O2. The third-order valence-electron chi connectivity index (χ3n) is 3.25. The van der Waals surface area contributed by atoms with Crippen LogP contribution in [0.4, 0.5) is 4.79 Å². The number of aryl methyl sites for hydroxylation is 1. The van der Waals surface area contributed by atoms with E-state index in [1.54, 1.807) is 7.11 Å². The third-order valence-corrected chi connectivity index (χ3v) is 3.25. The molecule has 18 heavy (non-hydrogen) atoms. The Hall–Kier alpha value is -1.55. The Morgan fingerprint density at radius 2 is 2.28 bits per heavy atom. The number of benzene rings is 1. The van der Waals surface area contributed by atoms with Crippen molar-refractivity contribution in [1.82, 2.24) is 10.6 Å². The van der Waals surface area contributed by atoms with Gasteiger partial charge < -0.3 is 15.4 Å². The molecule has 4 heteroatoms. The number of carbonyl (C=O) groups excluding carboxylic acids is 1. The first-order valence-corrected chi connectivity index (χ1v) is 6.42. The Labute approximate surface area is 108 Å². The molecule has 0 heterocycles. The summed E-state index contributed by atoms with van der Waals surface area (Å²) in [7, 11) is 1.66. The van der Waals surface area contributed by atoms with Gasteiger partial charge in [-0.05, 0) is 30.4 Å². The number of amides is 2. The van der Waals surface area contributed by atoms with Crippen LogP contribution in [-0.4, -0.2) is 26.3 Å². The second-order valence-electron chi connectivity index (χ2n) is 4.54. The van der Waals surface area contributed by atoms with E-state index in [1.807, 2.05) is 12.1 Å². The van der Waals surface area contributed by atoms with Gasteiger partial charge in [0.25, 0.3) is 0 Å². The zero-order valence-electron chi connectivity index (χ0n) is 10.7. The Morgan fingerprint density at radius 3 is 3.11 bits per heavy atom. The van der Waals surface area contributed by atoms with Crippen LogP contribution in [0, 0.1) is 0 Å². The van der Waals surface area contributed by atoms with E-state index < -0.39 is 0 Å². The monoisotopic (exact) mass is 248 g/mol. The van der Waals surface area contributed by atoms with Crippen LogP contribution in [0.25, 0.3) is 0 Å². The standard InChI is InChI=1S/C14H20N2O2/c1-18-10-4-9-15-14(17)16-13-8-7-11-5-2-3-6-12(11)13/h2-3,5-6,13H,4,7-10H2,1H3,(H2,15,16,17)/t13-/m0/s1. The highest BCUT2D eigenvalue weighted by atomic mass is 16.5. The second kappa shape index (κ2) is 6.40. The number of rotatable bonds is 5. The molecule has 1 atom stereocenters. The van der Waals surface area contributed by atoms with Crippen LogP contribution in [-0.2, 0) is 11.2 Å². The lowest BCUT2D eigenvalue weighted by Gasteiger charge is -2.14. The van der Waals surface area contributed by atoms with Crippen molar-refractivity contribution < 1.29 is 9.53 Å². The molecule has 4 nitrogen and oxygen atoms in total. The van der Waals surface area contributed by atoms with E-state index in [1.165, 1.54) is 11.1 Å². The number of fused-ring (bicyclic) bond motifs is 1. The van der Waals surface area contributed by atoms with Crippen molar-refractivity contribution in [3.05, 3.63) is 35.4 Å². The lowest BCUT2D eigenvalue weighted by atomic mass is 10.1. The van der Waals surface area contributed by atoms with Gasteiger partial charge >= 0.3 is 6.03 Å². The fourth-order valence-electron chi connectivity index (χ4n) is 2.33. The summed E-state index contributed by atoms with van der Waals surface area (Å²) in [6.07, 6.45) is 2.88. The van der Waals surface area contributed by atoms with Gasteiger partial charge in [0.2, 0.25) is 0 Å². The third kappa shape index (κ3) is 3.23. The molecule has 2 N–H and O–H groups in total. The SMILES string of the molecule is COCCCNC(=O)N[C@H]1CCc2ccccc21. The van der Waals surface area contributed by atoms with Crippen molar-refractivity contribution in [1.29, 1.82) is 0 Å². The summed E-state index contributed by atoms with van der Waals surface area (Å²) in [6, 6.07) is 8.36. The average molecular weight is 248 g/mol. The van der Waals surface area contributed by atoms with E-state index in [2.05, 4.69) is 22.8 Å². The molecule has 0 aromatic heterocycles. The maximum Gasteiger partial charge on any atom is 0.315 e. The van der Waals surface area contributed by atoms with Crippen molar-refractivity contribution >= 4 is 6.03 Å². The number of methoxy groups -OCH3 is 1. The zero-order chi connectivity index (χ0) is 12.8. The van der Waals surface area contributed by atoms with Gasteiger partial charge in [0.1, 0.15) is 0 Å². The maximum atomic E-state index is 11.7. The molecule has 0 saturated heterocycles. The number of hydrogen-bond donors (Lipinski definition) is 2. The lowest BCUT2D eigenvalue weighted by molar-refractivity contribution is 0.193. The van der Waals surface area contributed by atoms with Crippen LogP contribution in [0.3, 0.4) is 0 Å². The van der Waals surface area contributed by atoms with Crippen LogP contribution in [0.15, 0.2) is 24.3 Å². The minimum Gasteiger partial charge on any atom is -0.385 e. The van der Waals surface area contributed by atoms with E-state index in [4.69, 9.17) is 4.74 Å². The van der Waals surface area contributed by atoms with E-state index >= 15 is 0 Å². The lowest BCUT2D eigenvalue weighted by Crippen LogP contribution is -2.38. The van der Waals surface area contributed by atoms with Crippen molar-refractivity contribution in [2.75, 3.05) is 20.3 Å². The summed E-state index contributed by atoms with van der Waals surface area (Å²) < 4.78 is 4.93. The minimum absolute atomic E-state index is 0.0900. The van der Waals surface area contributed by atoms with Gasteiger partial charge in [0.15, 0.2) is 0 Å². The molecule has 0 aliphatic heterocycles. The topological polar surface area (TPSA) is 50.4 Å². The molecule has 0 fully saturated rings. The van der Waals surface area contributed by atoms with Crippen molar-refractivity contribution in [2.24, 2.45) is 0 Å². The van der Waals surface area contributed by atoms with Crippen molar-refractivity contribution in [3.63, 3.8) is 0 Å². The number of nitrogens with one attached hydrogen (secondary N) is 2. The number of hydrogen-bond acceptors (Lipinski definition) is 2. The molecule has 2 amide bonds. The average Bonchev–Trinajstić information content (AvgIpc) is 2.78. The number of urea groups is 1. The first-order valence-electron chi connectivity index (χ1n) is 6.42. The van der Waals surface area contributed by atoms with E-state index in [9.17, 15) is 4.79 Å². The van der Waals surface area contributed by atoms with E-state index in [-0.39, 0.29) is 12.1 Å².